The summed E-state index contributed by atoms with van der Waals surface area (Å²) < 4.78 is 5.65. The van der Waals surface area contributed by atoms with Crippen LogP contribution in [0.25, 0.3) is 0 Å². The maximum Gasteiger partial charge on any atom is 0.335 e. The van der Waals surface area contributed by atoms with Crippen LogP contribution in [0.1, 0.15) is 41.3 Å². The second-order valence-corrected chi connectivity index (χ2v) is 5.78. The SMILES string of the molecule is CCCCOc1ccc(CCNCc2cccc(C(=O)O)c2)cc1. The number of hydrogen-bond donors (Lipinski definition) is 2. The number of benzene rings is 2. The molecule has 0 saturated carbocycles. The van der Waals surface area contributed by atoms with E-state index in [-0.39, 0.29) is 0 Å². The lowest BCUT2D eigenvalue weighted by Crippen LogP contribution is -2.17. The van der Waals surface area contributed by atoms with Gasteiger partial charge in [0, 0.05) is 6.54 Å². The van der Waals surface area contributed by atoms with Crippen LogP contribution in [0.3, 0.4) is 0 Å². The van der Waals surface area contributed by atoms with Crippen LogP contribution in [0.5, 0.6) is 5.75 Å². The first-order chi connectivity index (χ1) is 11.7. The highest BCUT2D eigenvalue weighted by molar-refractivity contribution is 5.87. The molecular formula is C20H25NO3. The molecule has 0 saturated heterocycles. The van der Waals surface area contributed by atoms with Gasteiger partial charge in [-0.15, -0.1) is 0 Å². The van der Waals surface area contributed by atoms with Crippen LogP contribution in [0.2, 0.25) is 0 Å². The molecule has 2 N–H and O–H groups in total. The van der Waals surface area contributed by atoms with Crippen LogP contribution in [-0.2, 0) is 13.0 Å². The van der Waals surface area contributed by atoms with Crippen molar-refractivity contribution in [3.8, 4) is 5.75 Å². The van der Waals surface area contributed by atoms with Gasteiger partial charge in [0.25, 0.3) is 0 Å². The quantitative estimate of drug-likeness (QED) is 0.650. The first kappa shape index (κ1) is 18.0. The number of ether oxygens (including phenoxy) is 1. The third-order valence-electron chi connectivity index (χ3n) is 3.78. The summed E-state index contributed by atoms with van der Waals surface area (Å²) in [5.41, 5.74) is 2.56. The van der Waals surface area contributed by atoms with Crippen LogP contribution < -0.4 is 10.1 Å². The molecule has 0 fully saturated rings. The highest BCUT2D eigenvalue weighted by Crippen LogP contribution is 2.13. The fourth-order valence-corrected chi connectivity index (χ4v) is 2.37. The molecular weight excluding hydrogens is 302 g/mol. The molecule has 4 heteroatoms. The Morgan fingerprint density at radius 2 is 1.92 bits per heavy atom. The van der Waals surface area contributed by atoms with E-state index in [1.165, 1.54) is 5.56 Å². The van der Waals surface area contributed by atoms with E-state index in [2.05, 4.69) is 24.4 Å². The minimum Gasteiger partial charge on any atom is -0.494 e. The summed E-state index contributed by atoms with van der Waals surface area (Å²) in [7, 11) is 0. The van der Waals surface area contributed by atoms with Crippen LogP contribution in [0.15, 0.2) is 48.5 Å². The van der Waals surface area contributed by atoms with Crippen molar-refractivity contribution >= 4 is 5.97 Å². The Bertz CT molecular complexity index is 638. The first-order valence-corrected chi connectivity index (χ1v) is 8.43. The molecule has 128 valence electrons. The topological polar surface area (TPSA) is 58.6 Å². The second kappa shape index (κ2) is 9.73. The van der Waals surface area contributed by atoms with Crippen molar-refractivity contribution < 1.29 is 14.6 Å². The van der Waals surface area contributed by atoms with Crippen LogP contribution in [0.4, 0.5) is 0 Å². The van der Waals surface area contributed by atoms with E-state index in [4.69, 9.17) is 9.84 Å². The standard InChI is InChI=1S/C20H25NO3/c1-2-3-13-24-19-9-7-16(8-10-19)11-12-21-15-17-5-4-6-18(14-17)20(22)23/h4-10,14,21H,2-3,11-13,15H2,1H3,(H,22,23). The molecule has 0 heterocycles. The second-order valence-electron chi connectivity index (χ2n) is 5.78. The Hall–Kier alpha value is -2.33. The van der Waals surface area contributed by atoms with Gasteiger partial charge >= 0.3 is 5.97 Å². The fourth-order valence-electron chi connectivity index (χ4n) is 2.37. The summed E-state index contributed by atoms with van der Waals surface area (Å²) in [5.74, 6) is 0.0312. The number of rotatable bonds is 10. The van der Waals surface area contributed by atoms with E-state index in [9.17, 15) is 4.79 Å². The van der Waals surface area contributed by atoms with Crippen LogP contribution >= 0.6 is 0 Å². The van der Waals surface area contributed by atoms with Gasteiger partial charge in [-0.1, -0.05) is 37.6 Å². The molecule has 0 aliphatic carbocycles. The Morgan fingerprint density at radius 1 is 1.12 bits per heavy atom. The number of nitrogens with one attached hydrogen (secondary N) is 1. The molecule has 0 bridgehead atoms. The van der Waals surface area contributed by atoms with Gasteiger partial charge in [-0.3, -0.25) is 0 Å². The third-order valence-corrected chi connectivity index (χ3v) is 3.78. The lowest BCUT2D eigenvalue weighted by Gasteiger charge is -2.08. The molecule has 24 heavy (non-hydrogen) atoms. The Labute approximate surface area is 143 Å². The van der Waals surface area contributed by atoms with E-state index in [1.54, 1.807) is 18.2 Å². The third kappa shape index (κ3) is 6.05. The number of hydrogen-bond acceptors (Lipinski definition) is 3. The van der Waals surface area contributed by atoms with Crippen molar-refractivity contribution in [3.63, 3.8) is 0 Å². The van der Waals surface area contributed by atoms with Gasteiger partial charge in [0.1, 0.15) is 5.75 Å². The van der Waals surface area contributed by atoms with Crippen molar-refractivity contribution in [1.82, 2.24) is 5.32 Å². The minimum atomic E-state index is -0.891. The highest BCUT2D eigenvalue weighted by Gasteiger charge is 2.03. The van der Waals surface area contributed by atoms with Crippen molar-refractivity contribution in [2.24, 2.45) is 0 Å². The molecule has 0 aliphatic heterocycles. The summed E-state index contributed by atoms with van der Waals surface area (Å²) in [6, 6.07) is 15.2. The molecule has 2 aromatic carbocycles. The molecule has 4 nitrogen and oxygen atoms in total. The summed E-state index contributed by atoms with van der Waals surface area (Å²) in [6.45, 7) is 4.43. The van der Waals surface area contributed by atoms with E-state index >= 15 is 0 Å². The number of carboxylic acids is 1. The summed E-state index contributed by atoms with van der Waals surface area (Å²) in [5, 5.41) is 12.3. The average Bonchev–Trinajstić information content (AvgIpc) is 2.60. The van der Waals surface area contributed by atoms with Gasteiger partial charge in [0.2, 0.25) is 0 Å². The van der Waals surface area contributed by atoms with E-state index in [0.717, 1.165) is 43.7 Å². The molecule has 0 radical (unpaired) electrons. The van der Waals surface area contributed by atoms with Gasteiger partial charge in [-0.2, -0.15) is 0 Å². The molecule has 0 spiro atoms. The zero-order valence-corrected chi connectivity index (χ0v) is 14.1. The molecule has 0 aliphatic rings. The molecule has 2 aromatic rings. The smallest absolute Gasteiger partial charge is 0.335 e. The monoisotopic (exact) mass is 327 g/mol. The van der Waals surface area contributed by atoms with Gasteiger partial charge in [-0.05, 0) is 54.8 Å². The van der Waals surface area contributed by atoms with Crippen molar-refractivity contribution in [2.75, 3.05) is 13.2 Å². The Morgan fingerprint density at radius 3 is 2.62 bits per heavy atom. The maximum atomic E-state index is 10.9. The predicted octanol–water partition coefficient (Wildman–Crippen LogP) is 3.90. The summed E-state index contributed by atoms with van der Waals surface area (Å²) in [6.07, 6.45) is 3.14. The largest absolute Gasteiger partial charge is 0.494 e. The lowest BCUT2D eigenvalue weighted by molar-refractivity contribution is 0.0696. The fraction of sp³-hybridized carbons (Fsp3) is 0.350. The van der Waals surface area contributed by atoms with E-state index in [0.29, 0.717) is 12.1 Å². The summed E-state index contributed by atoms with van der Waals surface area (Å²) >= 11 is 0. The molecule has 2 rings (SSSR count). The molecule has 0 atom stereocenters. The zero-order valence-electron chi connectivity index (χ0n) is 14.1. The van der Waals surface area contributed by atoms with E-state index < -0.39 is 5.97 Å². The van der Waals surface area contributed by atoms with Gasteiger partial charge in [0.05, 0.1) is 12.2 Å². The lowest BCUT2D eigenvalue weighted by atomic mass is 10.1. The highest BCUT2D eigenvalue weighted by atomic mass is 16.5. The number of carboxylic acid groups (broad SMARTS) is 1. The predicted molar refractivity (Wildman–Crippen MR) is 95.7 cm³/mol. The Balaban J connectivity index is 1.72. The van der Waals surface area contributed by atoms with Crippen molar-refractivity contribution in [1.29, 1.82) is 0 Å². The van der Waals surface area contributed by atoms with Gasteiger partial charge in [-0.25, -0.2) is 4.79 Å². The Kier molecular flexibility index (Phi) is 7.30. The van der Waals surface area contributed by atoms with Crippen LogP contribution in [-0.4, -0.2) is 24.2 Å². The van der Waals surface area contributed by atoms with Crippen LogP contribution in [0, 0.1) is 0 Å². The van der Waals surface area contributed by atoms with Gasteiger partial charge < -0.3 is 15.2 Å². The number of unbranched alkanes of at least 4 members (excludes halogenated alkanes) is 1. The number of carbonyl (C=O) groups is 1. The minimum absolute atomic E-state index is 0.327. The van der Waals surface area contributed by atoms with Crippen molar-refractivity contribution in [3.05, 3.63) is 65.2 Å². The van der Waals surface area contributed by atoms with Gasteiger partial charge in [0.15, 0.2) is 0 Å². The zero-order chi connectivity index (χ0) is 17.2. The molecule has 0 aromatic heterocycles. The normalized spacial score (nSPS) is 10.5. The van der Waals surface area contributed by atoms with Crippen molar-refractivity contribution in [2.45, 2.75) is 32.7 Å². The number of aromatic carboxylic acids is 1. The summed E-state index contributed by atoms with van der Waals surface area (Å²) in [4.78, 5) is 10.9. The maximum absolute atomic E-state index is 10.9. The first-order valence-electron chi connectivity index (χ1n) is 8.43. The molecule has 0 unspecified atom stereocenters. The average molecular weight is 327 g/mol. The molecule has 0 amide bonds. The van der Waals surface area contributed by atoms with E-state index in [1.807, 2.05) is 18.2 Å².